The van der Waals surface area contributed by atoms with Crippen molar-refractivity contribution in [3.63, 3.8) is 0 Å². The van der Waals surface area contributed by atoms with E-state index in [9.17, 15) is 22.4 Å². The molecule has 1 unspecified atom stereocenters. The number of fused-ring (bicyclic) bond motifs is 1. The number of allylic oxidation sites excluding steroid dienone is 1. The highest BCUT2D eigenvalue weighted by Gasteiger charge is 2.29. The molecule has 0 radical (unpaired) electrons. The summed E-state index contributed by atoms with van der Waals surface area (Å²) in [5.41, 5.74) is 2.79. The zero-order valence-corrected chi connectivity index (χ0v) is 18.7. The Morgan fingerprint density at radius 3 is 2.82 bits per heavy atom. The van der Waals surface area contributed by atoms with E-state index in [0.29, 0.717) is 33.4 Å². The van der Waals surface area contributed by atoms with Crippen molar-refractivity contribution < 1.29 is 22.4 Å². The van der Waals surface area contributed by atoms with Crippen LogP contribution in [0.4, 0.5) is 15.8 Å². The molecule has 1 atom stereocenters. The molecule has 33 heavy (non-hydrogen) atoms. The molecular weight excluding hydrogens is 449 g/mol. The number of nitrogens with one attached hydrogen (secondary N) is 4. The molecule has 0 fully saturated rings. The Bertz CT molecular complexity index is 1400. The first-order valence-corrected chi connectivity index (χ1v) is 12.0. The number of aromatic nitrogens is 2. The molecule has 11 heteroatoms. The van der Waals surface area contributed by atoms with E-state index in [4.69, 9.17) is 0 Å². The van der Waals surface area contributed by atoms with E-state index in [1.165, 1.54) is 18.3 Å². The molecule has 172 valence electrons. The highest BCUT2D eigenvalue weighted by Crippen LogP contribution is 2.36. The zero-order valence-electron chi connectivity index (χ0n) is 17.9. The van der Waals surface area contributed by atoms with E-state index in [0.717, 1.165) is 6.26 Å². The van der Waals surface area contributed by atoms with Crippen LogP contribution in [0.25, 0.3) is 10.9 Å². The van der Waals surface area contributed by atoms with Crippen molar-refractivity contribution in [2.45, 2.75) is 25.7 Å². The number of amides is 2. The molecule has 1 aliphatic rings. The molecule has 1 aromatic heterocycles. The van der Waals surface area contributed by atoms with Gasteiger partial charge in [0.1, 0.15) is 5.82 Å². The minimum absolute atomic E-state index is 0.0305. The van der Waals surface area contributed by atoms with E-state index in [-0.39, 0.29) is 24.4 Å². The van der Waals surface area contributed by atoms with Gasteiger partial charge < -0.3 is 10.6 Å². The smallest absolute Gasteiger partial charge is 0.229 e. The van der Waals surface area contributed by atoms with Gasteiger partial charge in [-0.1, -0.05) is 12.1 Å². The normalized spacial score (nSPS) is 16.6. The number of H-pyrrole nitrogens is 1. The van der Waals surface area contributed by atoms with Crippen LogP contribution < -0.4 is 15.4 Å². The van der Waals surface area contributed by atoms with Gasteiger partial charge in [-0.15, -0.1) is 0 Å². The second-order valence-corrected chi connectivity index (χ2v) is 9.72. The fraction of sp³-hybridized carbons (Fsp3) is 0.227. The number of rotatable bonds is 6. The standard InChI is InChI=1S/C22H22FN5O4S/c1-12-16(8-22(30)26-20-7-14-11-24-27-19(14)10-18(20)23)17(9-21(29)25-12)13-4-3-5-15(6-13)28-33(2,31)32/h3-7,10-11,17,28H,8-9H2,1-2H3,(H,24,27)(H,25,29)(H,26,30). The maximum absolute atomic E-state index is 14.4. The maximum atomic E-state index is 14.4. The summed E-state index contributed by atoms with van der Waals surface area (Å²) in [4.78, 5) is 25.0. The monoisotopic (exact) mass is 471 g/mol. The number of carbonyl (C=O) groups is 2. The summed E-state index contributed by atoms with van der Waals surface area (Å²) < 4.78 is 40.0. The van der Waals surface area contributed by atoms with Gasteiger partial charge in [0, 0.05) is 35.2 Å². The van der Waals surface area contributed by atoms with Crippen molar-refractivity contribution in [2.24, 2.45) is 0 Å². The Morgan fingerprint density at radius 2 is 2.06 bits per heavy atom. The topological polar surface area (TPSA) is 133 Å². The van der Waals surface area contributed by atoms with Crippen molar-refractivity contribution in [1.82, 2.24) is 15.5 Å². The molecule has 9 nitrogen and oxygen atoms in total. The summed E-state index contributed by atoms with van der Waals surface area (Å²) in [6.07, 6.45) is 2.59. The summed E-state index contributed by atoms with van der Waals surface area (Å²) in [5.74, 6) is -1.69. The van der Waals surface area contributed by atoms with Crippen LogP contribution in [0.2, 0.25) is 0 Å². The van der Waals surface area contributed by atoms with Gasteiger partial charge in [-0.2, -0.15) is 5.10 Å². The molecule has 0 saturated carbocycles. The van der Waals surface area contributed by atoms with Gasteiger partial charge in [0.25, 0.3) is 0 Å². The first kappa shape index (κ1) is 22.5. The fourth-order valence-corrected chi connectivity index (χ4v) is 4.50. The number of anilines is 2. The second-order valence-electron chi connectivity index (χ2n) is 7.97. The SMILES string of the molecule is CC1=C(CC(=O)Nc2cc3cn[nH]c3cc2F)C(c2cccc(NS(C)(=O)=O)c2)CC(=O)N1. The maximum Gasteiger partial charge on any atom is 0.229 e. The molecule has 0 spiro atoms. The molecule has 0 saturated heterocycles. The zero-order chi connectivity index (χ0) is 23.8. The third-order valence-electron chi connectivity index (χ3n) is 5.36. The Balaban J connectivity index is 1.59. The van der Waals surface area contributed by atoms with Crippen LogP contribution in [0.5, 0.6) is 0 Å². The molecule has 4 N–H and O–H groups in total. The van der Waals surface area contributed by atoms with Gasteiger partial charge in [0.2, 0.25) is 21.8 Å². The van der Waals surface area contributed by atoms with Crippen molar-refractivity contribution in [3.8, 4) is 0 Å². The second kappa shape index (κ2) is 8.66. The number of benzene rings is 2. The summed E-state index contributed by atoms with van der Waals surface area (Å²) in [5, 5.41) is 12.5. The molecule has 0 bridgehead atoms. The number of halogens is 1. The lowest BCUT2D eigenvalue weighted by atomic mass is 9.82. The van der Waals surface area contributed by atoms with E-state index in [1.807, 2.05) is 0 Å². The van der Waals surface area contributed by atoms with E-state index in [2.05, 4.69) is 25.6 Å². The van der Waals surface area contributed by atoms with Crippen molar-refractivity contribution in [3.05, 3.63) is 65.2 Å². The average Bonchev–Trinajstić information content (AvgIpc) is 3.16. The first-order valence-electron chi connectivity index (χ1n) is 10.1. The molecule has 1 aliphatic heterocycles. The molecule has 0 aliphatic carbocycles. The summed E-state index contributed by atoms with van der Waals surface area (Å²) in [6.45, 7) is 1.70. The van der Waals surface area contributed by atoms with Crippen LogP contribution >= 0.6 is 0 Å². The van der Waals surface area contributed by atoms with Gasteiger partial charge >= 0.3 is 0 Å². The van der Waals surface area contributed by atoms with Crippen molar-refractivity contribution >= 4 is 44.1 Å². The largest absolute Gasteiger partial charge is 0.330 e. The number of hydrogen-bond acceptors (Lipinski definition) is 5. The third-order valence-corrected chi connectivity index (χ3v) is 5.97. The quantitative estimate of drug-likeness (QED) is 0.439. The van der Waals surface area contributed by atoms with Gasteiger partial charge in [-0.05, 0) is 36.3 Å². The first-order chi connectivity index (χ1) is 15.6. The number of nitrogens with zero attached hydrogens (tertiary/aromatic N) is 1. The molecule has 4 rings (SSSR count). The number of sulfonamides is 1. The number of carbonyl (C=O) groups excluding carboxylic acids is 2. The van der Waals surface area contributed by atoms with E-state index < -0.39 is 27.7 Å². The number of aromatic amines is 1. The summed E-state index contributed by atoms with van der Waals surface area (Å²) >= 11 is 0. The van der Waals surface area contributed by atoms with Gasteiger partial charge in [-0.3, -0.25) is 19.4 Å². The van der Waals surface area contributed by atoms with Crippen LogP contribution in [0, 0.1) is 5.82 Å². The predicted octanol–water partition coefficient (Wildman–Crippen LogP) is 2.98. The summed E-state index contributed by atoms with van der Waals surface area (Å²) in [7, 11) is -3.48. The van der Waals surface area contributed by atoms with Gasteiger partial charge in [-0.25, -0.2) is 12.8 Å². The minimum Gasteiger partial charge on any atom is -0.330 e. The average molecular weight is 472 g/mol. The number of hydrogen-bond donors (Lipinski definition) is 4. The lowest BCUT2D eigenvalue weighted by molar-refractivity contribution is -0.121. The van der Waals surface area contributed by atoms with Crippen LogP contribution in [0.1, 0.15) is 31.2 Å². The highest BCUT2D eigenvalue weighted by molar-refractivity contribution is 7.92. The lowest BCUT2D eigenvalue weighted by Gasteiger charge is -2.28. The van der Waals surface area contributed by atoms with Crippen molar-refractivity contribution in [1.29, 1.82) is 0 Å². The van der Waals surface area contributed by atoms with E-state index >= 15 is 0 Å². The summed E-state index contributed by atoms with van der Waals surface area (Å²) in [6, 6.07) is 9.44. The van der Waals surface area contributed by atoms with Crippen molar-refractivity contribution in [2.75, 3.05) is 16.3 Å². The van der Waals surface area contributed by atoms with Gasteiger partial charge in [0.05, 0.1) is 30.1 Å². The molecular formula is C22H22FN5O4S. The van der Waals surface area contributed by atoms with Crippen LogP contribution in [-0.4, -0.2) is 36.7 Å². The van der Waals surface area contributed by atoms with Crippen LogP contribution in [0.3, 0.4) is 0 Å². The minimum atomic E-state index is -3.48. The van der Waals surface area contributed by atoms with E-state index in [1.54, 1.807) is 31.2 Å². The molecule has 2 amide bonds. The van der Waals surface area contributed by atoms with Crippen LogP contribution in [-0.2, 0) is 19.6 Å². The van der Waals surface area contributed by atoms with Gasteiger partial charge in [0.15, 0.2) is 0 Å². The third kappa shape index (κ3) is 5.20. The Labute approximate surface area is 189 Å². The highest BCUT2D eigenvalue weighted by atomic mass is 32.2. The lowest BCUT2D eigenvalue weighted by Crippen LogP contribution is -2.32. The Kier molecular flexibility index (Phi) is 5.90. The molecule has 3 aromatic rings. The molecule has 2 aromatic carbocycles. The Morgan fingerprint density at radius 1 is 1.27 bits per heavy atom. The fourth-order valence-electron chi connectivity index (χ4n) is 3.95. The molecule has 2 heterocycles. The Hall–Kier alpha value is -3.73. The van der Waals surface area contributed by atoms with Crippen LogP contribution in [0.15, 0.2) is 53.9 Å². The predicted molar refractivity (Wildman–Crippen MR) is 122 cm³/mol.